The van der Waals surface area contributed by atoms with Gasteiger partial charge in [0.25, 0.3) is 0 Å². The monoisotopic (exact) mass is 584 g/mol. The van der Waals surface area contributed by atoms with Gasteiger partial charge in [-0.25, -0.2) is 0 Å². The van der Waals surface area contributed by atoms with Crippen LogP contribution in [0.3, 0.4) is 0 Å². The van der Waals surface area contributed by atoms with Crippen LogP contribution < -0.4 is 5.32 Å². The molecule has 0 saturated carbocycles. The minimum absolute atomic E-state index is 0.0135. The number of nitrogens with zero attached hydrogens (tertiary/aromatic N) is 1. The molecule has 1 aliphatic heterocycles. The van der Waals surface area contributed by atoms with Gasteiger partial charge in [-0.2, -0.15) is 0 Å². The fourth-order valence-corrected chi connectivity index (χ4v) is 11.0. The Kier molecular flexibility index (Phi) is 6.66. The van der Waals surface area contributed by atoms with Crippen LogP contribution in [-0.4, -0.2) is 9.94 Å². The van der Waals surface area contributed by atoms with E-state index >= 15 is 0 Å². The summed E-state index contributed by atoms with van der Waals surface area (Å²) in [4.78, 5) is 3.98. The number of benzene rings is 6. The van der Waals surface area contributed by atoms with Gasteiger partial charge < -0.3 is 9.88 Å². The van der Waals surface area contributed by atoms with Gasteiger partial charge in [-0.3, -0.25) is 0 Å². The average molecular weight is 585 g/mol. The minimum Gasteiger partial charge on any atom is -0.376 e. The lowest BCUT2D eigenvalue weighted by molar-refractivity contribution is 0.903. The summed E-state index contributed by atoms with van der Waals surface area (Å²) < 4.78 is 2.40. The standard InChI is InChI=1S/C41H32N2S/c1-5-16-31(17-6-1)36-25-15-29-42-41(36)44(33-20-9-3-10-21-33,34-22-11-4-12-23-34)35-27-28-40-38(30-35)37-24-13-14-26-39(37)43(40)32-18-7-2-8-19-32/h1-30,41-42H. The number of hydrogen-bond acceptors (Lipinski definition) is 1. The van der Waals surface area contributed by atoms with Crippen LogP contribution in [0.4, 0.5) is 0 Å². The van der Waals surface area contributed by atoms with Crippen LogP contribution in [0.2, 0.25) is 0 Å². The molecular weight excluding hydrogens is 553 g/mol. The van der Waals surface area contributed by atoms with Crippen molar-refractivity contribution < 1.29 is 0 Å². The summed E-state index contributed by atoms with van der Waals surface area (Å²) in [7, 11) is -1.89. The third-order valence-electron chi connectivity index (χ3n) is 8.62. The fraction of sp³-hybridized carbons (Fsp3) is 0.0244. The van der Waals surface area contributed by atoms with E-state index in [1.54, 1.807) is 0 Å². The average Bonchev–Trinajstić information content (AvgIpc) is 3.44. The Labute approximate surface area is 259 Å². The second kappa shape index (κ2) is 11.1. The van der Waals surface area contributed by atoms with Crippen molar-refractivity contribution in [3.63, 3.8) is 0 Å². The maximum atomic E-state index is 3.90. The molecule has 1 aromatic heterocycles. The molecule has 0 spiro atoms. The summed E-state index contributed by atoms with van der Waals surface area (Å²) in [6.45, 7) is 0. The molecule has 2 nitrogen and oxygen atoms in total. The molecule has 8 rings (SSSR count). The molecule has 7 aromatic rings. The molecule has 0 radical (unpaired) electrons. The van der Waals surface area contributed by atoms with Crippen molar-refractivity contribution in [1.29, 1.82) is 0 Å². The van der Waals surface area contributed by atoms with Gasteiger partial charge in [-0.05, 0) is 84.1 Å². The predicted molar refractivity (Wildman–Crippen MR) is 187 cm³/mol. The van der Waals surface area contributed by atoms with Crippen LogP contribution in [0, 0.1) is 0 Å². The number of aromatic nitrogens is 1. The first kappa shape index (κ1) is 26.4. The number of hydrogen-bond donors (Lipinski definition) is 1. The van der Waals surface area contributed by atoms with E-state index < -0.39 is 10.0 Å². The summed E-state index contributed by atoms with van der Waals surface area (Å²) >= 11 is 0. The maximum Gasteiger partial charge on any atom is 0.0941 e. The molecule has 1 atom stereocenters. The van der Waals surface area contributed by atoms with E-state index in [-0.39, 0.29) is 5.37 Å². The van der Waals surface area contributed by atoms with Crippen molar-refractivity contribution in [2.75, 3.05) is 0 Å². The second-order valence-corrected chi connectivity index (χ2v) is 14.3. The molecule has 0 saturated heterocycles. The number of allylic oxidation sites excluding steroid dienone is 2. The van der Waals surface area contributed by atoms with Crippen molar-refractivity contribution in [3.8, 4) is 5.69 Å². The first-order valence-electron chi connectivity index (χ1n) is 15.0. The normalized spacial score (nSPS) is 15.2. The van der Waals surface area contributed by atoms with E-state index in [1.165, 1.54) is 53.3 Å². The smallest absolute Gasteiger partial charge is 0.0941 e. The zero-order valence-electron chi connectivity index (χ0n) is 24.3. The second-order valence-electron chi connectivity index (χ2n) is 11.0. The summed E-state index contributed by atoms with van der Waals surface area (Å²) in [5, 5.41) is 6.44. The molecule has 6 aromatic carbocycles. The molecule has 212 valence electrons. The molecule has 1 aliphatic rings. The molecule has 0 aliphatic carbocycles. The van der Waals surface area contributed by atoms with Gasteiger partial charge in [-0.15, -0.1) is 10.0 Å². The summed E-state index contributed by atoms with van der Waals surface area (Å²) in [5.41, 5.74) is 6.13. The van der Waals surface area contributed by atoms with Gasteiger partial charge in [0.05, 0.1) is 16.4 Å². The Morgan fingerprint density at radius 3 is 1.75 bits per heavy atom. The molecule has 3 heteroatoms. The van der Waals surface area contributed by atoms with Crippen LogP contribution in [0.5, 0.6) is 0 Å². The summed E-state index contributed by atoms with van der Waals surface area (Å²) in [6, 6.07) is 59.8. The predicted octanol–water partition coefficient (Wildman–Crippen LogP) is 10.6. The molecule has 0 fully saturated rings. The Bertz CT molecular complexity index is 2090. The Hall–Kier alpha value is -5.25. The van der Waals surface area contributed by atoms with E-state index in [1.807, 2.05) is 0 Å². The number of fused-ring (bicyclic) bond motifs is 3. The Morgan fingerprint density at radius 2 is 1.07 bits per heavy atom. The van der Waals surface area contributed by atoms with Crippen molar-refractivity contribution >= 4 is 37.4 Å². The molecule has 1 unspecified atom stereocenters. The highest BCUT2D eigenvalue weighted by atomic mass is 32.3. The van der Waals surface area contributed by atoms with Gasteiger partial charge in [-0.1, -0.05) is 109 Å². The molecule has 2 heterocycles. The number of rotatable bonds is 6. The van der Waals surface area contributed by atoms with E-state index in [0.717, 1.165) is 0 Å². The van der Waals surface area contributed by atoms with E-state index in [0.29, 0.717) is 0 Å². The van der Waals surface area contributed by atoms with Crippen LogP contribution in [0.1, 0.15) is 5.56 Å². The summed E-state index contributed by atoms with van der Waals surface area (Å²) in [5.74, 6) is 0. The molecular formula is C41H32N2S. The Morgan fingerprint density at radius 1 is 0.500 bits per heavy atom. The van der Waals surface area contributed by atoms with Crippen LogP contribution in [0.15, 0.2) is 197 Å². The quantitative estimate of drug-likeness (QED) is 0.206. The zero-order chi connectivity index (χ0) is 29.3. The van der Waals surface area contributed by atoms with Gasteiger partial charge in [0, 0.05) is 31.1 Å². The molecule has 44 heavy (non-hydrogen) atoms. The van der Waals surface area contributed by atoms with Gasteiger partial charge in [0.15, 0.2) is 0 Å². The van der Waals surface area contributed by atoms with E-state index in [4.69, 9.17) is 0 Å². The lowest BCUT2D eigenvalue weighted by atomic mass is 10.0. The van der Waals surface area contributed by atoms with Gasteiger partial charge >= 0.3 is 0 Å². The summed E-state index contributed by atoms with van der Waals surface area (Å²) in [6.07, 6.45) is 6.55. The number of dihydropyridines is 1. The largest absolute Gasteiger partial charge is 0.376 e. The van der Waals surface area contributed by atoms with Crippen LogP contribution in [0.25, 0.3) is 33.1 Å². The third kappa shape index (κ3) is 4.20. The number of para-hydroxylation sites is 2. The SMILES string of the molecule is C1=CNC(S(c2ccccc2)(c2ccccc2)c2ccc3c(c2)c2ccccc2n3-c2ccccc2)C(c2ccccc2)=C1. The maximum absolute atomic E-state index is 3.90. The topological polar surface area (TPSA) is 17.0 Å². The molecule has 1 N–H and O–H groups in total. The highest BCUT2D eigenvalue weighted by Gasteiger charge is 2.41. The van der Waals surface area contributed by atoms with Crippen molar-refractivity contribution in [1.82, 2.24) is 9.88 Å². The van der Waals surface area contributed by atoms with Crippen LogP contribution in [-0.2, 0) is 0 Å². The van der Waals surface area contributed by atoms with E-state index in [9.17, 15) is 0 Å². The lowest BCUT2D eigenvalue weighted by Gasteiger charge is -2.49. The first-order chi connectivity index (χ1) is 21.9. The lowest BCUT2D eigenvalue weighted by Crippen LogP contribution is -2.34. The van der Waals surface area contributed by atoms with Gasteiger partial charge in [0.1, 0.15) is 0 Å². The third-order valence-corrected chi connectivity index (χ3v) is 12.7. The van der Waals surface area contributed by atoms with E-state index in [2.05, 4.69) is 192 Å². The van der Waals surface area contributed by atoms with Crippen molar-refractivity contribution in [2.24, 2.45) is 0 Å². The van der Waals surface area contributed by atoms with Crippen molar-refractivity contribution in [2.45, 2.75) is 20.1 Å². The van der Waals surface area contributed by atoms with Crippen molar-refractivity contribution in [3.05, 3.63) is 188 Å². The number of nitrogens with one attached hydrogen (secondary N) is 1. The first-order valence-corrected chi connectivity index (χ1v) is 16.7. The molecule has 0 amide bonds. The fourth-order valence-electron chi connectivity index (χ4n) is 6.74. The highest BCUT2D eigenvalue weighted by molar-refractivity contribution is 8.34. The molecule has 0 bridgehead atoms. The Balaban J connectivity index is 1.47. The van der Waals surface area contributed by atoms with Crippen LogP contribution >= 0.6 is 10.0 Å². The van der Waals surface area contributed by atoms with Gasteiger partial charge in [0.2, 0.25) is 0 Å². The zero-order valence-corrected chi connectivity index (χ0v) is 25.1. The highest BCUT2D eigenvalue weighted by Crippen LogP contribution is 2.73. The minimum atomic E-state index is -1.89.